The van der Waals surface area contributed by atoms with Crippen molar-refractivity contribution in [3.05, 3.63) is 0 Å². The summed E-state index contributed by atoms with van der Waals surface area (Å²) >= 11 is 0. The highest BCUT2D eigenvalue weighted by molar-refractivity contribution is 5.74. The van der Waals surface area contributed by atoms with Crippen LogP contribution in [0.1, 0.15) is 33.1 Å². The third kappa shape index (κ3) is 4.51. The lowest BCUT2D eigenvalue weighted by Gasteiger charge is -2.28. The van der Waals surface area contributed by atoms with Crippen molar-refractivity contribution in [2.45, 2.75) is 45.3 Å². The van der Waals surface area contributed by atoms with Gasteiger partial charge in [0.1, 0.15) is 0 Å². The summed E-state index contributed by atoms with van der Waals surface area (Å²) < 4.78 is 5.58. The summed E-state index contributed by atoms with van der Waals surface area (Å²) in [6.45, 7) is 5.45. The lowest BCUT2D eigenvalue weighted by Crippen LogP contribution is -2.44. The van der Waals surface area contributed by atoms with Crippen LogP contribution in [0.5, 0.6) is 0 Å². The molecule has 1 aliphatic rings. The molecule has 1 fully saturated rings. The maximum absolute atomic E-state index is 11.6. The van der Waals surface area contributed by atoms with E-state index in [1.54, 1.807) is 4.90 Å². The van der Waals surface area contributed by atoms with E-state index in [1.807, 2.05) is 20.9 Å². The largest absolute Gasteiger partial charge is 0.376 e. The van der Waals surface area contributed by atoms with Crippen LogP contribution in [0.3, 0.4) is 0 Å². The molecule has 0 aliphatic carbocycles. The van der Waals surface area contributed by atoms with Crippen molar-refractivity contribution in [1.82, 2.24) is 10.2 Å². The third-order valence-corrected chi connectivity index (χ3v) is 2.51. The lowest BCUT2D eigenvalue weighted by atomic mass is 10.1. The van der Waals surface area contributed by atoms with Gasteiger partial charge in [0.25, 0.3) is 0 Å². The number of ether oxygens (including phenoxy) is 1. The summed E-state index contributed by atoms with van der Waals surface area (Å²) in [5.74, 6) is 0. The second-order valence-corrected chi connectivity index (χ2v) is 4.47. The normalized spacial score (nSPS) is 21.5. The Bertz CT molecular complexity index is 201. The predicted octanol–water partition coefficient (Wildman–Crippen LogP) is 1.61. The predicted molar refractivity (Wildman–Crippen MR) is 59.9 cm³/mol. The number of nitrogens with one attached hydrogen (secondary N) is 1. The molecule has 0 saturated carbocycles. The SMILES string of the molecule is CC(C)NC(=O)N(C)CC1CCCCO1. The fourth-order valence-corrected chi connectivity index (χ4v) is 1.70. The van der Waals surface area contributed by atoms with Crippen LogP contribution >= 0.6 is 0 Å². The molecular weight excluding hydrogens is 192 g/mol. The summed E-state index contributed by atoms with van der Waals surface area (Å²) in [4.78, 5) is 13.3. The first kappa shape index (κ1) is 12.3. The van der Waals surface area contributed by atoms with Gasteiger partial charge in [-0.25, -0.2) is 4.79 Å². The molecule has 1 N–H and O–H groups in total. The molecule has 0 aromatic carbocycles. The Labute approximate surface area is 92.0 Å². The maximum Gasteiger partial charge on any atom is 0.317 e. The summed E-state index contributed by atoms with van der Waals surface area (Å²) in [6, 6.07) is 0.173. The van der Waals surface area contributed by atoms with Gasteiger partial charge in [0.2, 0.25) is 0 Å². The van der Waals surface area contributed by atoms with E-state index < -0.39 is 0 Å². The molecule has 4 nitrogen and oxygen atoms in total. The molecule has 1 saturated heterocycles. The van der Waals surface area contributed by atoms with Crippen LogP contribution in [0.4, 0.5) is 4.79 Å². The zero-order valence-electron chi connectivity index (χ0n) is 9.95. The van der Waals surface area contributed by atoms with Gasteiger partial charge in [-0.05, 0) is 33.1 Å². The van der Waals surface area contributed by atoms with Crippen LogP contribution in [-0.4, -0.2) is 43.3 Å². The Balaban J connectivity index is 2.26. The van der Waals surface area contributed by atoms with Crippen molar-refractivity contribution >= 4 is 6.03 Å². The zero-order valence-corrected chi connectivity index (χ0v) is 9.95. The molecule has 4 heteroatoms. The van der Waals surface area contributed by atoms with Gasteiger partial charge in [0.05, 0.1) is 6.10 Å². The molecule has 15 heavy (non-hydrogen) atoms. The minimum atomic E-state index is -0.0147. The van der Waals surface area contributed by atoms with Crippen LogP contribution < -0.4 is 5.32 Å². The average Bonchev–Trinajstić information content (AvgIpc) is 2.18. The van der Waals surface area contributed by atoms with Crippen molar-refractivity contribution in [2.75, 3.05) is 20.2 Å². The molecule has 2 amide bonds. The monoisotopic (exact) mass is 214 g/mol. The van der Waals surface area contributed by atoms with Crippen LogP contribution in [0, 0.1) is 0 Å². The van der Waals surface area contributed by atoms with E-state index in [2.05, 4.69) is 5.32 Å². The number of likely N-dealkylation sites (N-methyl/N-ethyl adjacent to an activating group) is 1. The van der Waals surface area contributed by atoms with Gasteiger partial charge in [0.15, 0.2) is 0 Å². The topological polar surface area (TPSA) is 41.6 Å². The lowest BCUT2D eigenvalue weighted by molar-refractivity contribution is 0.00377. The average molecular weight is 214 g/mol. The van der Waals surface area contributed by atoms with Gasteiger partial charge in [-0.2, -0.15) is 0 Å². The first-order chi connectivity index (χ1) is 7.09. The molecule has 0 aromatic rings. The van der Waals surface area contributed by atoms with Gasteiger partial charge in [-0.15, -0.1) is 0 Å². The van der Waals surface area contributed by atoms with Crippen LogP contribution in [0.25, 0.3) is 0 Å². The number of carbonyl (C=O) groups is 1. The van der Waals surface area contributed by atoms with Crippen molar-refractivity contribution in [3.63, 3.8) is 0 Å². The highest BCUT2D eigenvalue weighted by Gasteiger charge is 2.18. The van der Waals surface area contributed by atoms with E-state index in [-0.39, 0.29) is 18.2 Å². The summed E-state index contributed by atoms with van der Waals surface area (Å²) in [6.07, 6.45) is 3.66. The van der Waals surface area contributed by atoms with Crippen molar-refractivity contribution in [3.8, 4) is 0 Å². The minimum absolute atomic E-state index is 0.0147. The zero-order chi connectivity index (χ0) is 11.3. The molecule has 0 radical (unpaired) electrons. The number of hydrogen-bond acceptors (Lipinski definition) is 2. The molecule has 0 bridgehead atoms. The van der Waals surface area contributed by atoms with Gasteiger partial charge in [-0.1, -0.05) is 0 Å². The highest BCUT2D eigenvalue weighted by Crippen LogP contribution is 2.13. The second-order valence-electron chi connectivity index (χ2n) is 4.47. The molecule has 0 spiro atoms. The molecule has 1 rings (SSSR count). The van der Waals surface area contributed by atoms with E-state index in [1.165, 1.54) is 6.42 Å². The number of amides is 2. The summed E-state index contributed by atoms with van der Waals surface area (Å²) in [5.41, 5.74) is 0. The van der Waals surface area contributed by atoms with Gasteiger partial charge < -0.3 is 15.0 Å². The van der Waals surface area contributed by atoms with Gasteiger partial charge in [0, 0.05) is 26.2 Å². The first-order valence-electron chi connectivity index (χ1n) is 5.73. The maximum atomic E-state index is 11.6. The molecule has 1 aliphatic heterocycles. The van der Waals surface area contributed by atoms with Crippen molar-refractivity contribution in [1.29, 1.82) is 0 Å². The number of carbonyl (C=O) groups excluding carboxylic acids is 1. The van der Waals surface area contributed by atoms with Gasteiger partial charge in [-0.3, -0.25) is 0 Å². The van der Waals surface area contributed by atoms with E-state index in [4.69, 9.17) is 4.74 Å². The molecular formula is C11H22N2O2. The standard InChI is InChI=1S/C11H22N2O2/c1-9(2)12-11(14)13(3)8-10-6-4-5-7-15-10/h9-10H,4-8H2,1-3H3,(H,12,14). The number of rotatable bonds is 3. The first-order valence-corrected chi connectivity index (χ1v) is 5.73. The summed E-state index contributed by atoms with van der Waals surface area (Å²) in [5, 5.41) is 2.86. The summed E-state index contributed by atoms with van der Waals surface area (Å²) in [7, 11) is 1.82. The van der Waals surface area contributed by atoms with Crippen LogP contribution in [0.2, 0.25) is 0 Å². The highest BCUT2D eigenvalue weighted by atomic mass is 16.5. The number of nitrogens with zero attached hydrogens (tertiary/aromatic N) is 1. The van der Waals surface area contributed by atoms with Crippen molar-refractivity contribution < 1.29 is 9.53 Å². The van der Waals surface area contributed by atoms with Crippen LogP contribution in [-0.2, 0) is 4.74 Å². The van der Waals surface area contributed by atoms with Crippen LogP contribution in [0.15, 0.2) is 0 Å². The van der Waals surface area contributed by atoms with Gasteiger partial charge >= 0.3 is 6.03 Å². The molecule has 1 atom stereocenters. The quantitative estimate of drug-likeness (QED) is 0.775. The Kier molecular flexibility index (Phi) is 4.88. The minimum Gasteiger partial charge on any atom is -0.376 e. The molecule has 0 aromatic heterocycles. The molecule has 88 valence electrons. The van der Waals surface area contributed by atoms with E-state index in [0.717, 1.165) is 19.4 Å². The van der Waals surface area contributed by atoms with E-state index in [9.17, 15) is 4.79 Å². The fourth-order valence-electron chi connectivity index (χ4n) is 1.70. The fraction of sp³-hybridized carbons (Fsp3) is 0.909. The van der Waals surface area contributed by atoms with Crippen molar-refractivity contribution in [2.24, 2.45) is 0 Å². The van der Waals surface area contributed by atoms with E-state index in [0.29, 0.717) is 6.54 Å². The molecule has 1 heterocycles. The third-order valence-electron chi connectivity index (χ3n) is 2.51. The Morgan fingerprint density at radius 1 is 1.53 bits per heavy atom. The van der Waals surface area contributed by atoms with E-state index >= 15 is 0 Å². The Hall–Kier alpha value is -0.770. The Morgan fingerprint density at radius 2 is 2.27 bits per heavy atom. The smallest absolute Gasteiger partial charge is 0.317 e. The number of hydrogen-bond donors (Lipinski definition) is 1. The Morgan fingerprint density at radius 3 is 2.80 bits per heavy atom. The molecule has 1 unspecified atom stereocenters. The number of urea groups is 1. The second kappa shape index (κ2) is 5.95.